The van der Waals surface area contributed by atoms with Gasteiger partial charge in [0.1, 0.15) is 17.9 Å². The maximum Gasteiger partial charge on any atom is 0.204 e. The molecule has 0 aliphatic rings. The molecular formula is C18H9F5N4O. The van der Waals surface area contributed by atoms with Crippen molar-refractivity contribution in [1.82, 2.24) is 20.2 Å². The first-order chi connectivity index (χ1) is 13.4. The maximum atomic E-state index is 14.6. The fraction of sp³-hybridized carbons (Fsp3) is 0.0556. The molecule has 0 bridgehead atoms. The Morgan fingerprint density at radius 2 is 1.61 bits per heavy atom. The number of hydrogen-bond donors (Lipinski definition) is 1. The van der Waals surface area contributed by atoms with E-state index in [9.17, 15) is 22.0 Å². The predicted octanol–water partition coefficient (Wildman–Crippen LogP) is 4.82. The highest BCUT2D eigenvalue weighted by Gasteiger charge is 2.22. The molecule has 0 saturated heterocycles. The summed E-state index contributed by atoms with van der Waals surface area (Å²) in [7, 11) is 0. The number of halogens is 5. The van der Waals surface area contributed by atoms with Gasteiger partial charge in [-0.05, 0) is 19.1 Å². The molecular weight excluding hydrogens is 383 g/mol. The number of aromatic amines is 1. The first kappa shape index (κ1) is 17.8. The fourth-order valence-corrected chi connectivity index (χ4v) is 2.72. The highest BCUT2D eigenvalue weighted by Crippen LogP contribution is 2.34. The number of aromatic nitrogens is 4. The van der Waals surface area contributed by atoms with E-state index in [0.717, 1.165) is 6.07 Å². The van der Waals surface area contributed by atoms with Crippen LogP contribution >= 0.6 is 0 Å². The summed E-state index contributed by atoms with van der Waals surface area (Å²) in [6.45, 7) is 1.70. The first-order valence-corrected chi connectivity index (χ1v) is 7.83. The van der Waals surface area contributed by atoms with Gasteiger partial charge in [-0.2, -0.15) is 13.9 Å². The quantitative estimate of drug-likeness (QED) is 0.401. The van der Waals surface area contributed by atoms with Crippen LogP contribution in [0.4, 0.5) is 22.0 Å². The Balaban J connectivity index is 1.75. The van der Waals surface area contributed by atoms with Crippen molar-refractivity contribution >= 4 is 11.0 Å². The van der Waals surface area contributed by atoms with E-state index in [4.69, 9.17) is 4.74 Å². The molecule has 0 radical (unpaired) electrons. The monoisotopic (exact) mass is 392 g/mol. The number of rotatable bonds is 3. The van der Waals surface area contributed by atoms with E-state index in [2.05, 4.69) is 20.2 Å². The number of ether oxygens (including phenoxy) is 1. The Morgan fingerprint density at radius 3 is 2.29 bits per heavy atom. The lowest BCUT2D eigenvalue weighted by atomic mass is 10.1. The van der Waals surface area contributed by atoms with Crippen LogP contribution in [0.5, 0.6) is 11.5 Å². The second kappa shape index (κ2) is 6.55. The van der Waals surface area contributed by atoms with Crippen molar-refractivity contribution in [2.24, 2.45) is 0 Å². The summed E-state index contributed by atoms with van der Waals surface area (Å²) in [5, 5.41) is 7.13. The summed E-state index contributed by atoms with van der Waals surface area (Å²) in [5.74, 6) is -9.21. The van der Waals surface area contributed by atoms with Gasteiger partial charge < -0.3 is 4.74 Å². The SMILES string of the molecule is Cc1ncnc2n[nH]c(-c3ccc(Oc4c(F)c(F)cc(F)c4F)cc3F)c12. The Bertz CT molecular complexity index is 1200. The Hall–Kier alpha value is -3.56. The van der Waals surface area contributed by atoms with Crippen LogP contribution in [0.15, 0.2) is 30.6 Å². The van der Waals surface area contributed by atoms with Crippen LogP contribution in [-0.2, 0) is 0 Å². The maximum absolute atomic E-state index is 14.6. The number of nitrogens with zero attached hydrogens (tertiary/aromatic N) is 3. The second-order valence-electron chi connectivity index (χ2n) is 5.80. The molecule has 0 aliphatic carbocycles. The van der Waals surface area contributed by atoms with Gasteiger partial charge in [0.25, 0.3) is 0 Å². The molecule has 2 aromatic heterocycles. The smallest absolute Gasteiger partial charge is 0.204 e. The van der Waals surface area contributed by atoms with Gasteiger partial charge >= 0.3 is 0 Å². The summed E-state index contributed by atoms with van der Waals surface area (Å²) in [5.41, 5.74) is 1.26. The molecule has 0 saturated carbocycles. The van der Waals surface area contributed by atoms with Crippen LogP contribution < -0.4 is 4.74 Å². The molecule has 0 amide bonds. The van der Waals surface area contributed by atoms with Crippen LogP contribution in [0.3, 0.4) is 0 Å². The summed E-state index contributed by atoms with van der Waals surface area (Å²) < 4.78 is 73.5. The lowest BCUT2D eigenvalue weighted by Crippen LogP contribution is -2.00. The van der Waals surface area contributed by atoms with Gasteiger partial charge in [-0.3, -0.25) is 5.10 Å². The third-order valence-corrected chi connectivity index (χ3v) is 4.04. The predicted molar refractivity (Wildman–Crippen MR) is 88.2 cm³/mol. The number of hydrogen-bond acceptors (Lipinski definition) is 4. The van der Waals surface area contributed by atoms with Crippen molar-refractivity contribution < 1.29 is 26.7 Å². The average Bonchev–Trinajstić information content (AvgIpc) is 3.09. The molecule has 2 heterocycles. The molecule has 4 aromatic rings. The fourth-order valence-electron chi connectivity index (χ4n) is 2.72. The lowest BCUT2D eigenvalue weighted by molar-refractivity contribution is 0.365. The molecule has 0 aliphatic heterocycles. The lowest BCUT2D eigenvalue weighted by Gasteiger charge is -2.10. The van der Waals surface area contributed by atoms with Crippen molar-refractivity contribution in [2.45, 2.75) is 6.92 Å². The van der Waals surface area contributed by atoms with E-state index in [1.165, 1.54) is 18.5 Å². The van der Waals surface area contributed by atoms with E-state index in [1.54, 1.807) is 6.92 Å². The standard InChI is InChI=1S/C18H9F5N4O/c1-7-13-16(26-27-18(13)25-6-24-7)9-3-2-8(4-10(9)19)28-17-14(22)11(20)5-12(21)15(17)23/h2-6H,1H3,(H,24,25,26,27). The number of nitrogens with one attached hydrogen (secondary N) is 1. The Kier molecular flexibility index (Phi) is 4.17. The molecule has 4 rings (SSSR count). The highest BCUT2D eigenvalue weighted by molar-refractivity contribution is 5.92. The van der Waals surface area contributed by atoms with Crippen LogP contribution in [0.1, 0.15) is 5.69 Å². The van der Waals surface area contributed by atoms with Crippen LogP contribution in [0.2, 0.25) is 0 Å². The zero-order valence-electron chi connectivity index (χ0n) is 14.0. The molecule has 0 fully saturated rings. The number of benzene rings is 2. The molecule has 142 valence electrons. The topological polar surface area (TPSA) is 63.7 Å². The summed E-state index contributed by atoms with van der Waals surface area (Å²) in [6.07, 6.45) is 1.32. The van der Waals surface area contributed by atoms with Crippen molar-refractivity contribution in [3.05, 3.63) is 65.4 Å². The van der Waals surface area contributed by atoms with Crippen molar-refractivity contribution in [3.63, 3.8) is 0 Å². The van der Waals surface area contributed by atoms with Crippen molar-refractivity contribution in [1.29, 1.82) is 0 Å². The molecule has 5 nitrogen and oxygen atoms in total. The van der Waals surface area contributed by atoms with Gasteiger partial charge in [-0.15, -0.1) is 0 Å². The molecule has 0 unspecified atom stereocenters. The third-order valence-electron chi connectivity index (χ3n) is 4.04. The third kappa shape index (κ3) is 2.82. The minimum absolute atomic E-state index is 0.0506. The number of fused-ring (bicyclic) bond motifs is 1. The zero-order chi connectivity index (χ0) is 20.0. The molecule has 0 atom stereocenters. The Labute approximate surface area is 153 Å². The van der Waals surface area contributed by atoms with E-state index in [-0.39, 0.29) is 17.4 Å². The van der Waals surface area contributed by atoms with Gasteiger partial charge in [-0.1, -0.05) is 0 Å². The van der Waals surface area contributed by atoms with E-state index >= 15 is 0 Å². The van der Waals surface area contributed by atoms with Crippen LogP contribution in [-0.4, -0.2) is 20.2 Å². The van der Waals surface area contributed by atoms with Gasteiger partial charge in [0.05, 0.1) is 16.8 Å². The minimum Gasteiger partial charge on any atom is -0.451 e. The van der Waals surface area contributed by atoms with Crippen molar-refractivity contribution in [3.8, 4) is 22.8 Å². The highest BCUT2D eigenvalue weighted by atomic mass is 19.2. The molecule has 0 spiro atoms. The van der Waals surface area contributed by atoms with Crippen LogP contribution in [0.25, 0.3) is 22.3 Å². The molecule has 2 aromatic carbocycles. The van der Waals surface area contributed by atoms with Gasteiger partial charge in [0.15, 0.2) is 17.3 Å². The van der Waals surface area contributed by atoms with E-state index in [0.29, 0.717) is 22.4 Å². The molecule has 1 N–H and O–H groups in total. The minimum atomic E-state index is -1.73. The van der Waals surface area contributed by atoms with E-state index < -0.39 is 34.8 Å². The summed E-state index contributed by atoms with van der Waals surface area (Å²) >= 11 is 0. The summed E-state index contributed by atoms with van der Waals surface area (Å²) in [6, 6.07) is 3.32. The number of H-pyrrole nitrogens is 1. The first-order valence-electron chi connectivity index (χ1n) is 7.83. The molecule has 28 heavy (non-hydrogen) atoms. The van der Waals surface area contributed by atoms with E-state index in [1.807, 2.05) is 0 Å². The average molecular weight is 392 g/mol. The molecule has 10 heteroatoms. The van der Waals surface area contributed by atoms with Gasteiger partial charge in [0.2, 0.25) is 17.4 Å². The normalized spacial score (nSPS) is 11.2. The number of aryl methyl sites for hydroxylation is 1. The summed E-state index contributed by atoms with van der Waals surface area (Å²) in [4.78, 5) is 8.00. The zero-order valence-corrected chi connectivity index (χ0v) is 14.0. The van der Waals surface area contributed by atoms with Gasteiger partial charge in [-0.25, -0.2) is 23.1 Å². The largest absolute Gasteiger partial charge is 0.451 e. The second-order valence-corrected chi connectivity index (χ2v) is 5.80. The van der Waals surface area contributed by atoms with Crippen molar-refractivity contribution in [2.75, 3.05) is 0 Å². The van der Waals surface area contributed by atoms with Gasteiger partial charge in [0, 0.05) is 17.7 Å². The van der Waals surface area contributed by atoms with Crippen LogP contribution in [0, 0.1) is 36.0 Å². The Morgan fingerprint density at radius 1 is 0.893 bits per heavy atom.